The number of benzene rings is 1. The van der Waals surface area contributed by atoms with E-state index < -0.39 is 0 Å². The Labute approximate surface area is 159 Å². The topological polar surface area (TPSA) is 63.1 Å². The van der Waals surface area contributed by atoms with Gasteiger partial charge in [0.25, 0.3) is 0 Å². The smallest absolute Gasteiger partial charge is 0.237 e. The average Bonchev–Trinajstić information content (AvgIpc) is 2.98. The standard InChI is InChI=1S/C20H28FN5O/c1-13(2)11-18-23-19(26(24-18)16-8-6-5-7-15(16)21)12-17-20(27)22-9-10-25(17)14(3)4/h5-8,13-14,17H,9-12H2,1-4H3,(H,22,27). The van der Waals surface area contributed by atoms with E-state index in [2.05, 4.69) is 48.0 Å². The van der Waals surface area contributed by atoms with Crippen LogP contribution in [0.2, 0.25) is 0 Å². The number of aromatic nitrogens is 3. The Bertz CT molecular complexity index is 801. The van der Waals surface area contributed by atoms with Crippen LogP contribution in [0.1, 0.15) is 39.3 Å². The molecular weight excluding hydrogens is 345 g/mol. The molecule has 27 heavy (non-hydrogen) atoms. The number of hydrogen-bond donors (Lipinski definition) is 1. The zero-order valence-corrected chi connectivity index (χ0v) is 16.4. The SMILES string of the molecule is CC(C)Cc1nc(CC2C(=O)NCCN2C(C)C)n(-c2ccccc2F)n1. The van der Waals surface area contributed by atoms with Gasteiger partial charge in [-0.3, -0.25) is 9.69 Å². The van der Waals surface area contributed by atoms with Gasteiger partial charge in [0, 0.05) is 32.0 Å². The molecule has 1 saturated heterocycles. The molecule has 1 aromatic heterocycles. The number of piperazine rings is 1. The second-order valence-electron chi connectivity index (χ2n) is 7.75. The highest BCUT2D eigenvalue weighted by Crippen LogP contribution is 2.19. The molecule has 0 aliphatic carbocycles. The monoisotopic (exact) mass is 373 g/mol. The Kier molecular flexibility index (Phi) is 5.89. The van der Waals surface area contributed by atoms with Gasteiger partial charge >= 0.3 is 0 Å². The van der Waals surface area contributed by atoms with E-state index in [0.29, 0.717) is 42.6 Å². The Morgan fingerprint density at radius 3 is 2.67 bits per heavy atom. The van der Waals surface area contributed by atoms with E-state index in [-0.39, 0.29) is 23.8 Å². The largest absolute Gasteiger partial charge is 0.353 e. The number of nitrogens with one attached hydrogen (secondary N) is 1. The first-order valence-electron chi connectivity index (χ1n) is 9.60. The molecule has 7 heteroatoms. The van der Waals surface area contributed by atoms with E-state index in [0.717, 1.165) is 6.54 Å². The lowest BCUT2D eigenvalue weighted by Gasteiger charge is -2.37. The summed E-state index contributed by atoms with van der Waals surface area (Å²) in [7, 11) is 0. The van der Waals surface area contributed by atoms with Crippen LogP contribution in [0.15, 0.2) is 24.3 Å². The minimum Gasteiger partial charge on any atom is -0.353 e. The molecule has 1 fully saturated rings. The normalized spacial score (nSPS) is 18.3. The first kappa shape index (κ1) is 19.5. The van der Waals surface area contributed by atoms with E-state index in [1.807, 2.05) is 0 Å². The van der Waals surface area contributed by atoms with Gasteiger partial charge in [0.05, 0.1) is 6.04 Å². The first-order valence-corrected chi connectivity index (χ1v) is 9.60. The van der Waals surface area contributed by atoms with Crippen molar-refractivity contribution >= 4 is 5.91 Å². The Morgan fingerprint density at radius 1 is 1.26 bits per heavy atom. The minimum absolute atomic E-state index is 0.0107. The van der Waals surface area contributed by atoms with E-state index in [1.54, 1.807) is 22.9 Å². The summed E-state index contributed by atoms with van der Waals surface area (Å²) < 4.78 is 16.0. The van der Waals surface area contributed by atoms with Crippen molar-refractivity contribution in [2.45, 2.75) is 52.6 Å². The summed E-state index contributed by atoms with van der Waals surface area (Å²) in [5.74, 6) is 1.32. The number of carbonyl (C=O) groups is 1. The van der Waals surface area contributed by atoms with E-state index in [4.69, 9.17) is 0 Å². The van der Waals surface area contributed by atoms with Crippen LogP contribution in [-0.4, -0.2) is 50.7 Å². The number of rotatable bonds is 6. The molecule has 1 aliphatic rings. The van der Waals surface area contributed by atoms with Crippen LogP contribution in [0.3, 0.4) is 0 Å². The number of halogens is 1. The predicted molar refractivity (Wildman–Crippen MR) is 102 cm³/mol. The second kappa shape index (κ2) is 8.17. The van der Waals surface area contributed by atoms with Crippen molar-refractivity contribution in [1.82, 2.24) is 25.0 Å². The zero-order chi connectivity index (χ0) is 19.6. The molecule has 1 aromatic carbocycles. The van der Waals surface area contributed by atoms with Gasteiger partial charge in [0.2, 0.25) is 5.91 Å². The summed E-state index contributed by atoms with van der Waals surface area (Å²) in [6, 6.07) is 6.44. The molecule has 6 nitrogen and oxygen atoms in total. The lowest BCUT2D eigenvalue weighted by Crippen LogP contribution is -2.58. The Hall–Kier alpha value is -2.28. The maximum Gasteiger partial charge on any atom is 0.237 e. The molecule has 3 rings (SSSR count). The van der Waals surface area contributed by atoms with Crippen LogP contribution < -0.4 is 5.32 Å². The van der Waals surface area contributed by atoms with E-state index >= 15 is 0 Å². The van der Waals surface area contributed by atoms with Gasteiger partial charge in [0.15, 0.2) is 5.82 Å². The van der Waals surface area contributed by atoms with Crippen molar-refractivity contribution in [2.75, 3.05) is 13.1 Å². The van der Waals surface area contributed by atoms with Gasteiger partial charge in [-0.25, -0.2) is 14.1 Å². The fraction of sp³-hybridized carbons (Fsp3) is 0.550. The van der Waals surface area contributed by atoms with Crippen molar-refractivity contribution in [3.63, 3.8) is 0 Å². The van der Waals surface area contributed by atoms with Crippen molar-refractivity contribution in [1.29, 1.82) is 0 Å². The number of nitrogens with zero attached hydrogens (tertiary/aromatic N) is 4. The van der Waals surface area contributed by atoms with Crippen LogP contribution >= 0.6 is 0 Å². The molecule has 1 unspecified atom stereocenters. The summed E-state index contributed by atoms with van der Waals surface area (Å²) in [6.45, 7) is 9.79. The molecule has 146 valence electrons. The third-order valence-electron chi connectivity index (χ3n) is 4.80. The average molecular weight is 373 g/mol. The van der Waals surface area contributed by atoms with Crippen molar-refractivity contribution < 1.29 is 9.18 Å². The lowest BCUT2D eigenvalue weighted by atomic mass is 10.1. The summed E-state index contributed by atoms with van der Waals surface area (Å²) in [6.07, 6.45) is 1.10. The van der Waals surface area contributed by atoms with E-state index in [9.17, 15) is 9.18 Å². The Morgan fingerprint density at radius 2 is 2.00 bits per heavy atom. The summed E-state index contributed by atoms with van der Waals surface area (Å²) in [5.41, 5.74) is 0.363. The lowest BCUT2D eigenvalue weighted by molar-refractivity contribution is -0.130. The van der Waals surface area contributed by atoms with Crippen LogP contribution in [0.4, 0.5) is 4.39 Å². The predicted octanol–water partition coefficient (Wildman–Crippen LogP) is 2.36. The van der Waals surface area contributed by atoms with Crippen molar-refractivity contribution in [3.05, 3.63) is 41.7 Å². The molecule has 0 spiro atoms. The van der Waals surface area contributed by atoms with Crippen molar-refractivity contribution in [3.8, 4) is 5.69 Å². The number of para-hydroxylation sites is 1. The molecule has 1 aliphatic heterocycles. The highest BCUT2D eigenvalue weighted by Gasteiger charge is 2.33. The molecule has 0 saturated carbocycles. The Balaban J connectivity index is 1.99. The second-order valence-corrected chi connectivity index (χ2v) is 7.75. The first-order chi connectivity index (χ1) is 12.9. The van der Waals surface area contributed by atoms with Gasteiger partial charge in [-0.2, -0.15) is 5.10 Å². The molecule has 1 amide bonds. The van der Waals surface area contributed by atoms with Gasteiger partial charge in [-0.15, -0.1) is 0 Å². The summed E-state index contributed by atoms with van der Waals surface area (Å²) in [4.78, 5) is 19.4. The number of carbonyl (C=O) groups excluding carboxylic acids is 1. The van der Waals surface area contributed by atoms with Gasteiger partial charge < -0.3 is 5.32 Å². The quantitative estimate of drug-likeness (QED) is 0.844. The highest BCUT2D eigenvalue weighted by molar-refractivity contribution is 5.82. The van der Waals surface area contributed by atoms with Crippen LogP contribution in [0.25, 0.3) is 5.69 Å². The van der Waals surface area contributed by atoms with Crippen LogP contribution in [-0.2, 0) is 17.6 Å². The summed E-state index contributed by atoms with van der Waals surface area (Å²) in [5, 5.41) is 7.49. The fourth-order valence-corrected chi connectivity index (χ4v) is 3.53. The third kappa shape index (κ3) is 4.35. The number of hydrogen-bond acceptors (Lipinski definition) is 4. The molecule has 0 bridgehead atoms. The highest BCUT2D eigenvalue weighted by atomic mass is 19.1. The maximum atomic E-state index is 14.4. The van der Waals surface area contributed by atoms with Gasteiger partial charge in [-0.05, 0) is 31.9 Å². The molecule has 2 heterocycles. The fourth-order valence-electron chi connectivity index (χ4n) is 3.53. The molecular formula is C20H28FN5O. The number of amides is 1. The van der Waals surface area contributed by atoms with Crippen molar-refractivity contribution in [2.24, 2.45) is 5.92 Å². The van der Waals surface area contributed by atoms with Crippen LogP contribution in [0, 0.1) is 11.7 Å². The van der Waals surface area contributed by atoms with E-state index in [1.165, 1.54) is 6.07 Å². The maximum absolute atomic E-state index is 14.4. The zero-order valence-electron chi connectivity index (χ0n) is 16.4. The molecule has 1 N–H and O–H groups in total. The third-order valence-corrected chi connectivity index (χ3v) is 4.80. The minimum atomic E-state index is -0.353. The summed E-state index contributed by atoms with van der Waals surface area (Å²) >= 11 is 0. The molecule has 0 radical (unpaired) electrons. The van der Waals surface area contributed by atoms with Gasteiger partial charge in [0.1, 0.15) is 17.3 Å². The van der Waals surface area contributed by atoms with Gasteiger partial charge in [-0.1, -0.05) is 26.0 Å². The molecule has 2 aromatic rings. The van der Waals surface area contributed by atoms with Crippen LogP contribution in [0.5, 0.6) is 0 Å². The molecule has 1 atom stereocenters.